The number of amides is 1. The third-order valence-electron chi connectivity index (χ3n) is 2.33. The van der Waals surface area contributed by atoms with Gasteiger partial charge in [-0.05, 0) is 12.5 Å². The molecule has 0 aliphatic rings. The van der Waals surface area contributed by atoms with Gasteiger partial charge in [0.2, 0.25) is 5.91 Å². The fraction of sp³-hybridized carbons (Fsp3) is 0.417. The maximum absolute atomic E-state index is 11.6. The van der Waals surface area contributed by atoms with Gasteiger partial charge in [-0.1, -0.05) is 30.3 Å². The first-order valence-corrected chi connectivity index (χ1v) is 5.25. The van der Waals surface area contributed by atoms with E-state index in [-0.39, 0.29) is 18.9 Å². The summed E-state index contributed by atoms with van der Waals surface area (Å²) >= 11 is 0. The number of carbonyl (C=O) groups excluding carboxylic acids is 1. The van der Waals surface area contributed by atoms with Gasteiger partial charge in [-0.3, -0.25) is 4.79 Å². The van der Waals surface area contributed by atoms with Crippen molar-refractivity contribution >= 4 is 5.91 Å². The Morgan fingerprint density at radius 1 is 1.38 bits per heavy atom. The Bertz CT molecular complexity index is 324. The number of hydrogen-bond donors (Lipinski definition) is 3. The molecule has 88 valence electrons. The number of aliphatic hydroxyl groups is 2. The minimum absolute atomic E-state index is 0.203. The Labute approximate surface area is 94.9 Å². The van der Waals surface area contributed by atoms with Crippen molar-refractivity contribution in [3.8, 4) is 0 Å². The van der Waals surface area contributed by atoms with Gasteiger partial charge in [-0.25, -0.2) is 0 Å². The molecule has 16 heavy (non-hydrogen) atoms. The third kappa shape index (κ3) is 4.00. The molecule has 0 saturated heterocycles. The Hall–Kier alpha value is -1.39. The lowest BCUT2D eigenvalue weighted by atomic mass is 10.1. The molecule has 0 heterocycles. The van der Waals surface area contributed by atoms with Gasteiger partial charge in [0.05, 0.1) is 25.2 Å². The van der Waals surface area contributed by atoms with Crippen LogP contribution in [0, 0.1) is 0 Å². The highest BCUT2D eigenvalue weighted by Crippen LogP contribution is 2.00. The van der Waals surface area contributed by atoms with Crippen molar-refractivity contribution in [1.29, 1.82) is 0 Å². The van der Waals surface area contributed by atoms with E-state index in [1.165, 1.54) is 6.92 Å². The van der Waals surface area contributed by atoms with Crippen molar-refractivity contribution in [2.45, 2.75) is 25.5 Å². The molecule has 0 radical (unpaired) electrons. The fourth-order valence-electron chi connectivity index (χ4n) is 1.36. The van der Waals surface area contributed by atoms with Gasteiger partial charge < -0.3 is 15.5 Å². The Morgan fingerprint density at radius 2 is 2.00 bits per heavy atom. The second-order valence-electron chi connectivity index (χ2n) is 3.76. The summed E-state index contributed by atoms with van der Waals surface area (Å²) < 4.78 is 0. The zero-order valence-corrected chi connectivity index (χ0v) is 9.26. The van der Waals surface area contributed by atoms with Gasteiger partial charge in [0.15, 0.2) is 0 Å². The largest absolute Gasteiger partial charge is 0.394 e. The maximum atomic E-state index is 11.6. The van der Waals surface area contributed by atoms with Crippen LogP contribution in [0.2, 0.25) is 0 Å². The smallest absolute Gasteiger partial charge is 0.224 e. The molecule has 0 saturated carbocycles. The molecule has 0 fully saturated rings. The summed E-state index contributed by atoms with van der Waals surface area (Å²) in [5.74, 6) is -0.203. The SMILES string of the molecule is CC(O)[C@@H](CO)NC(=O)Cc1ccccc1. The van der Waals surface area contributed by atoms with E-state index < -0.39 is 12.1 Å². The molecular weight excluding hydrogens is 206 g/mol. The van der Waals surface area contributed by atoms with Crippen LogP contribution in [0.4, 0.5) is 0 Å². The molecule has 0 aliphatic carbocycles. The van der Waals surface area contributed by atoms with Gasteiger partial charge in [-0.2, -0.15) is 0 Å². The highest BCUT2D eigenvalue weighted by atomic mass is 16.3. The zero-order valence-electron chi connectivity index (χ0n) is 9.26. The lowest BCUT2D eigenvalue weighted by molar-refractivity contribution is -0.122. The van der Waals surface area contributed by atoms with Crippen LogP contribution in [0.15, 0.2) is 30.3 Å². The minimum atomic E-state index is -0.760. The van der Waals surface area contributed by atoms with E-state index in [1.807, 2.05) is 30.3 Å². The normalized spacial score (nSPS) is 14.2. The molecule has 0 spiro atoms. The monoisotopic (exact) mass is 223 g/mol. The molecule has 1 unspecified atom stereocenters. The maximum Gasteiger partial charge on any atom is 0.224 e. The molecule has 2 atom stereocenters. The van der Waals surface area contributed by atoms with Crippen LogP contribution in [0.1, 0.15) is 12.5 Å². The van der Waals surface area contributed by atoms with E-state index >= 15 is 0 Å². The van der Waals surface area contributed by atoms with E-state index in [1.54, 1.807) is 0 Å². The summed E-state index contributed by atoms with van der Waals surface area (Å²) in [6.45, 7) is 1.27. The first-order valence-electron chi connectivity index (χ1n) is 5.25. The number of aliphatic hydroxyl groups excluding tert-OH is 2. The lowest BCUT2D eigenvalue weighted by Gasteiger charge is -2.18. The molecule has 1 aromatic rings. The Morgan fingerprint density at radius 3 is 2.50 bits per heavy atom. The second kappa shape index (κ2) is 6.25. The van der Waals surface area contributed by atoms with Crippen LogP contribution in [0.3, 0.4) is 0 Å². The number of nitrogens with one attached hydrogen (secondary N) is 1. The second-order valence-corrected chi connectivity index (χ2v) is 3.76. The highest BCUT2D eigenvalue weighted by Gasteiger charge is 2.16. The van der Waals surface area contributed by atoms with Crippen molar-refractivity contribution in [2.24, 2.45) is 0 Å². The topological polar surface area (TPSA) is 69.6 Å². The van der Waals surface area contributed by atoms with Gasteiger partial charge in [0.25, 0.3) is 0 Å². The van der Waals surface area contributed by atoms with Crippen LogP contribution in [-0.2, 0) is 11.2 Å². The molecule has 1 amide bonds. The average Bonchev–Trinajstić information content (AvgIpc) is 2.27. The molecule has 0 bridgehead atoms. The summed E-state index contributed by atoms with van der Waals surface area (Å²) in [6, 6.07) is 8.72. The highest BCUT2D eigenvalue weighted by molar-refractivity contribution is 5.78. The van der Waals surface area contributed by atoms with Crippen molar-refractivity contribution in [1.82, 2.24) is 5.32 Å². The van der Waals surface area contributed by atoms with Crippen molar-refractivity contribution in [2.75, 3.05) is 6.61 Å². The first kappa shape index (κ1) is 12.7. The minimum Gasteiger partial charge on any atom is -0.394 e. The summed E-state index contributed by atoms with van der Waals surface area (Å²) in [5.41, 5.74) is 0.905. The summed E-state index contributed by atoms with van der Waals surface area (Å²) in [4.78, 5) is 11.6. The van der Waals surface area contributed by atoms with Gasteiger partial charge in [0.1, 0.15) is 0 Å². The number of hydrogen-bond acceptors (Lipinski definition) is 3. The van der Waals surface area contributed by atoms with Crippen LogP contribution >= 0.6 is 0 Å². The molecule has 0 aliphatic heterocycles. The van der Waals surface area contributed by atoms with Crippen LogP contribution < -0.4 is 5.32 Å². The number of rotatable bonds is 5. The zero-order chi connectivity index (χ0) is 12.0. The van der Waals surface area contributed by atoms with E-state index in [2.05, 4.69) is 5.32 Å². The summed E-state index contributed by atoms with van der Waals surface area (Å²) in [6.07, 6.45) is -0.505. The average molecular weight is 223 g/mol. The third-order valence-corrected chi connectivity index (χ3v) is 2.33. The summed E-state index contributed by atoms with van der Waals surface area (Å²) in [5, 5.41) is 20.8. The molecule has 4 heteroatoms. The molecule has 0 aromatic heterocycles. The van der Waals surface area contributed by atoms with E-state index in [0.717, 1.165) is 5.56 Å². The van der Waals surface area contributed by atoms with E-state index in [9.17, 15) is 9.90 Å². The predicted molar refractivity (Wildman–Crippen MR) is 60.8 cm³/mol. The standard InChI is InChI=1S/C12H17NO3/c1-9(15)11(8-14)13-12(16)7-10-5-3-2-4-6-10/h2-6,9,11,14-15H,7-8H2,1H3,(H,13,16)/t9?,11-/m1/s1. The fourth-order valence-corrected chi connectivity index (χ4v) is 1.36. The van der Waals surface area contributed by atoms with Gasteiger partial charge in [0, 0.05) is 0 Å². The predicted octanol–water partition coefficient (Wildman–Crippen LogP) is 0.0870. The molecule has 4 nitrogen and oxygen atoms in total. The van der Waals surface area contributed by atoms with Crippen molar-refractivity contribution < 1.29 is 15.0 Å². The molecule has 1 rings (SSSR count). The van der Waals surface area contributed by atoms with Crippen LogP contribution in [0.25, 0.3) is 0 Å². The number of benzene rings is 1. The first-order chi connectivity index (χ1) is 7.63. The molecule has 3 N–H and O–H groups in total. The Kier molecular flexibility index (Phi) is 4.95. The van der Waals surface area contributed by atoms with Crippen LogP contribution in [-0.4, -0.2) is 34.9 Å². The van der Waals surface area contributed by atoms with Crippen LogP contribution in [0.5, 0.6) is 0 Å². The quantitative estimate of drug-likeness (QED) is 0.662. The van der Waals surface area contributed by atoms with Crippen molar-refractivity contribution in [3.63, 3.8) is 0 Å². The van der Waals surface area contributed by atoms with Crippen molar-refractivity contribution in [3.05, 3.63) is 35.9 Å². The summed E-state index contributed by atoms with van der Waals surface area (Å²) in [7, 11) is 0. The molecule has 1 aromatic carbocycles. The Balaban J connectivity index is 2.47. The van der Waals surface area contributed by atoms with E-state index in [0.29, 0.717) is 0 Å². The lowest BCUT2D eigenvalue weighted by Crippen LogP contribution is -2.45. The van der Waals surface area contributed by atoms with Gasteiger partial charge >= 0.3 is 0 Å². The molecular formula is C12H17NO3. The van der Waals surface area contributed by atoms with Gasteiger partial charge in [-0.15, -0.1) is 0 Å². The van der Waals surface area contributed by atoms with E-state index in [4.69, 9.17) is 5.11 Å². The number of carbonyl (C=O) groups is 1.